The Labute approximate surface area is 90.7 Å². The van der Waals surface area contributed by atoms with Crippen LogP contribution >= 0.6 is 11.8 Å². The van der Waals surface area contributed by atoms with Crippen LogP contribution in [0, 0.1) is 12.8 Å². The number of thioether (sulfide) groups is 1. The van der Waals surface area contributed by atoms with Gasteiger partial charge in [-0.05, 0) is 6.92 Å². The number of fused-ring (bicyclic) bond motifs is 1. The van der Waals surface area contributed by atoms with Crippen molar-refractivity contribution < 1.29 is 4.79 Å². The molecule has 1 unspecified atom stereocenters. The highest BCUT2D eigenvalue weighted by atomic mass is 32.2. The molecule has 2 heterocycles. The molecule has 2 rings (SSSR count). The van der Waals surface area contributed by atoms with Gasteiger partial charge in [0.1, 0.15) is 0 Å². The molecule has 0 bridgehead atoms. The number of carbonyl (C=O) groups is 1. The van der Waals surface area contributed by atoms with Crippen LogP contribution in [-0.2, 0) is 11.3 Å². The molecular formula is C9H11N3O2S. The van der Waals surface area contributed by atoms with Crippen molar-refractivity contribution >= 4 is 17.7 Å². The first-order valence-electron chi connectivity index (χ1n) is 4.58. The summed E-state index contributed by atoms with van der Waals surface area (Å²) in [7, 11) is 0. The average molecular weight is 225 g/mol. The highest BCUT2D eigenvalue weighted by Gasteiger charge is 2.24. The molecule has 1 atom stereocenters. The van der Waals surface area contributed by atoms with Gasteiger partial charge < -0.3 is 5.73 Å². The first kappa shape index (κ1) is 10.2. The Bertz CT molecular complexity index is 469. The van der Waals surface area contributed by atoms with Crippen LogP contribution in [0.4, 0.5) is 0 Å². The van der Waals surface area contributed by atoms with Crippen molar-refractivity contribution in [3.05, 3.63) is 22.1 Å². The zero-order valence-electron chi connectivity index (χ0n) is 8.27. The van der Waals surface area contributed by atoms with Crippen LogP contribution in [0.5, 0.6) is 0 Å². The van der Waals surface area contributed by atoms with Crippen LogP contribution in [0.2, 0.25) is 0 Å². The number of amides is 1. The molecule has 2 N–H and O–H groups in total. The van der Waals surface area contributed by atoms with E-state index in [9.17, 15) is 9.59 Å². The number of aryl methyl sites for hydroxylation is 1. The fraction of sp³-hybridized carbons (Fsp3) is 0.444. The van der Waals surface area contributed by atoms with Gasteiger partial charge in [-0.2, -0.15) is 0 Å². The minimum Gasteiger partial charge on any atom is -0.369 e. The van der Waals surface area contributed by atoms with E-state index in [4.69, 9.17) is 5.73 Å². The molecule has 0 aromatic carbocycles. The van der Waals surface area contributed by atoms with Gasteiger partial charge in [-0.15, -0.1) is 0 Å². The highest BCUT2D eigenvalue weighted by Crippen LogP contribution is 2.24. The molecule has 1 amide bonds. The third-order valence-corrected chi connectivity index (χ3v) is 3.55. The zero-order chi connectivity index (χ0) is 11.0. The highest BCUT2D eigenvalue weighted by molar-refractivity contribution is 7.99. The average Bonchev–Trinajstić information content (AvgIpc) is 2.23. The smallest absolute Gasteiger partial charge is 0.257 e. The van der Waals surface area contributed by atoms with E-state index in [2.05, 4.69) is 4.98 Å². The summed E-state index contributed by atoms with van der Waals surface area (Å²) in [5, 5.41) is 0.670. The van der Waals surface area contributed by atoms with Crippen LogP contribution < -0.4 is 11.3 Å². The Morgan fingerprint density at radius 3 is 3.13 bits per heavy atom. The first-order chi connectivity index (χ1) is 7.09. The van der Waals surface area contributed by atoms with Crippen molar-refractivity contribution in [1.29, 1.82) is 0 Å². The molecule has 1 aliphatic rings. The standard InChI is InChI=1S/C9H11N3O2S/c1-5-2-11-9-12(8(5)14)3-6(4-15-9)7(10)13/h2,6H,3-4H2,1H3,(H2,10,13). The number of hydrogen-bond donors (Lipinski definition) is 1. The molecule has 1 aliphatic heterocycles. The number of nitrogens with zero attached hydrogens (tertiary/aromatic N) is 2. The molecule has 0 saturated heterocycles. The number of rotatable bonds is 1. The summed E-state index contributed by atoms with van der Waals surface area (Å²) in [6.07, 6.45) is 1.56. The van der Waals surface area contributed by atoms with Crippen molar-refractivity contribution in [2.45, 2.75) is 18.6 Å². The minimum atomic E-state index is -0.360. The fourth-order valence-corrected chi connectivity index (χ4v) is 2.53. The summed E-state index contributed by atoms with van der Waals surface area (Å²) < 4.78 is 1.53. The Morgan fingerprint density at radius 2 is 2.47 bits per heavy atom. The number of carbonyl (C=O) groups excluding carboxylic acids is 1. The van der Waals surface area contributed by atoms with Crippen LogP contribution in [0.15, 0.2) is 16.1 Å². The van der Waals surface area contributed by atoms with E-state index in [-0.39, 0.29) is 17.4 Å². The van der Waals surface area contributed by atoms with Crippen molar-refractivity contribution in [2.24, 2.45) is 11.7 Å². The lowest BCUT2D eigenvalue weighted by atomic mass is 10.1. The van der Waals surface area contributed by atoms with Gasteiger partial charge in [0.15, 0.2) is 5.16 Å². The Morgan fingerprint density at radius 1 is 1.73 bits per heavy atom. The third-order valence-electron chi connectivity index (χ3n) is 2.40. The maximum Gasteiger partial charge on any atom is 0.257 e. The summed E-state index contributed by atoms with van der Waals surface area (Å²) >= 11 is 1.40. The maximum atomic E-state index is 11.7. The first-order valence-corrected chi connectivity index (χ1v) is 5.56. The largest absolute Gasteiger partial charge is 0.369 e. The van der Waals surface area contributed by atoms with Gasteiger partial charge in [-0.1, -0.05) is 11.8 Å². The number of nitrogens with two attached hydrogens (primary N) is 1. The van der Waals surface area contributed by atoms with Crippen molar-refractivity contribution in [3.63, 3.8) is 0 Å². The van der Waals surface area contributed by atoms with E-state index >= 15 is 0 Å². The summed E-state index contributed by atoms with van der Waals surface area (Å²) in [5.74, 6) is -0.0319. The molecule has 0 radical (unpaired) electrons. The Hall–Kier alpha value is -1.30. The van der Waals surface area contributed by atoms with E-state index in [1.807, 2.05) is 0 Å². The summed E-state index contributed by atoms with van der Waals surface area (Å²) in [5.41, 5.74) is 5.73. The number of primary amides is 1. The van der Waals surface area contributed by atoms with Gasteiger partial charge in [0.2, 0.25) is 5.91 Å². The van der Waals surface area contributed by atoms with Crippen LogP contribution in [-0.4, -0.2) is 21.2 Å². The van der Waals surface area contributed by atoms with Gasteiger partial charge in [0, 0.05) is 24.1 Å². The molecule has 6 heteroatoms. The van der Waals surface area contributed by atoms with Crippen LogP contribution in [0.3, 0.4) is 0 Å². The van der Waals surface area contributed by atoms with E-state index in [0.29, 0.717) is 23.0 Å². The van der Waals surface area contributed by atoms with Crippen molar-refractivity contribution in [1.82, 2.24) is 9.55 Å². The molecule has 0 aliphatic carbocycles. The van der Waals surface area contributed by atoms with Gasteiger partial charge >= 0.3 is 0 Å². The quantitative estimate of drug-likeness (QED) is 0.669. The SMILES string of the molecule is Cc1cnc2n(c1=O)CC(C(N)=O)CS2. The molecular weight excluding hydrogens is 214 g/mol. The minimum absolute atomic E-state index is 0.0848. The van der Waals surface area contributed by atoms with E-state index in [1.165, 1.54) is 16.3 Å². The summed E-state index contributed by atoms with van der Waals surface area (Å²) in [6, 6.07) is 0. The lowest BCUT2D eigenvalue weighted by molar-refractivity contribution is -0.121. The second-order valence-corrected chi connectivity index (χ2v) is 4.54. The molecule has 1 aromatic heterocycles. The monoisotopic (exact) mass is 225 g/mol. The molecule has 5 nitrogen and oxygen atoms in total. The lowest BCUT2D eigenvalue weighted by Crippen LogP contribution is -2.37. The van der Waals surface area contributed by atoms with E-state index in [0.717, 1.165) is 0 Å². The predicted molar refractivity (Wildman–Crippen MR) is 56.6 cm³/mol. The van der Waals surface area contributed by atoms with E-state index in [1.54, 1.807) is 13.1 Å². The Balaban J connectivity index is 2.44. The van der Waals surface area contributed by atoms with E-state index < -0.39 is 0 Å². The van der Waals surface area contributed by atoms with Gasteiger partial charge in [-0.3, -0.25) is 14.2 Å². The number of hydrogen-bond acceptors (Lipinski definition) is 4. The van der Waals surface area contributed by atoms with Gasteiger partial charge in [-0.25, -0.2) is 4.98 Å². The predicted octanol–water partition coefficient (Wildman–Crippen LogP) is -0.241. The second-order valence-electron chi connectivity index (χ2n) is 3.55. The lowest BCUT2D eigenvalue weighted by Gasteiger charge is -2.22. The summed E-state index contributed by atoms with van der Waals surface area (Å²) in [6.45, 7) is 2.06. The molecule has 0 saturated carbocycles. The molecule has 15 heavy (non-hydrogen) atoms. The molecule has 1 aromatic rings. The maximum absolute atomic E-state index is 11.7. The van der Waals surface area contributed by atoms with Crippen molar-refractivity contribution in [3.8, 4) is 0 Å². The Kier molecular flexibility index (Phi) is 2.52. The van der Waals surface area contributed by atoms with Crippen LogP contribution in [0.25, 0.3) is 0 Å². The molecule has 0 fully saturated rings. The topological polar surface area (TPSA) is 78.0 Å². The van der Waals surface area contributed by atoms with Crippen LogP contribution in [0.1, 0.15) is 5.56 Å². The molecule has 80 valence electrons. The fourth-order valence-electron chi connectivity index (χ4n) is 1.47. The molecule has 0 spiro atoms. The normalized spacial score (nSPS) is 19.7. The van der Waals surface area contributed by atoms with Gasteiger partial charge in [0.25, 0.3) is 5.56 Å². The second kappa shape index (κ2) is 3.69. The number of aromatic nitrogens is 2. The third kappa shape index (κ3) is 1.77. The zero-order valence-corrected chi connectivity index (χ0v) is 9.08. The van der Waals surface area contributed by atoms with Crippen molar-refractivity contribution in [2.75, 3.05) is 5.75 Å². The van der Waals surface area contributed by atoms with Gasteiger partial charge in [0.05, 0.1) is 5.92 Å². The summed E-state index contributed by atoms with van der Waals surface area (Å²) in [4.78, 5) is 26.9.